The molecule has 2 aromatic heterocycles. The molecule has 0 saturated carbocycles. The molecule has 0 aliphatic rings. The molecule has 0 aliphatic carbocycles. The fourth-order valence-electron chi connectivity index (χ4n) is 1.27. The van der Waals surface area contributed by atoms with Crippen molar-refractivity contribution >= 4 is 17.7 Å². The Morgan fingerprint density at radius 1 is 1.00 bits per heavy atom. The lowest BCUT2D eigenvalue weighted by atomic mass is 10.3. The highest BCUT2D eigenvalue weighted by Gasteiger charge is 2.19. The minimum absolute atomic E-state index is 0.254. The Bertz CT molecular complexity index is 586. The highest BCUT2D eigenvalue weighted by molar-refractivity contribution is 6.08. The summed E-state index contributed by atoms with van der Waals surface area (Å²) < 4.78 is 0. The Kier molecular flexibility index (Phi) is 3.24. The van der Waals surface area contributed by atoms with E-state index < -0.39 is 17.6 Å². The molecule has 2 rings (SSSR count). The maximum absolute atomic E-state index is 11.8. The number of carboxylic acid groups (broad SMARTS) is 1. The van der Waals surface area contributed by atoms with E-state index in [4.69, 9.17) is 5.11 Å². The third-order valence-corrected chi connectivity index (χ3v) is 2.02. The molecule has 2 aromatic rings. The van der Waals surface area contributed by atoms with Crippen LogP contribution in [0.5, 0.6) is 0 Å². The molecule has 1 amide bonds. The van der Waals surface area contributed by atoms with Crippen LogP contribution in [0.25, 0.3) is 0 Å². The summed E-state index contributed by atoms with van der Waals surface area (Å²) >= 11 is 0. The Labute approximate surface area is 102 Å². The van der Waals surface area contributed by atoms with Crippen molar-refractivity contribution in [2.24, 2.45) is 0 Å². The van der Waals surface area contributed by atoms with Crippen LogP contribution in [0.1, 0.15) is 21.0 Å². The summed E-state index contributed by atoms with van der Waals surface area (Å²) in [7, 11) is 0. The van der Waals surface area contributed by atoms with Gasteiger partial charge in [0.15, 0.2) is 11.4 Å². The van der Waals surface area contributed by atoms with Gasteiger partial charge in [0, 0.05) is 18.6 Å². The minimum Gasteiger partial charge on any atom is -0.476 e. The summed E-state index contributed by atoms with van der Waals surface area (Å²) in [4.78, 5) is 33.9. The first kappa shape index (κ1) is 11.6. The Balaban J connectivity index is 2.27. The third-order valence-electron chi connectivity index (χ3n) is 2.02. The monoisotopic (exact) mass is 244 g/mol. The second-order valence-electron chi connectivity index (χ2n) is 3.23. The predicted molar refractivity (Wildman–Crippen MR) is 61.2 cm³/mol. The van der Waals surface area contributed by atoms with Crippen LogP contribution in [0.15, 0.2) is 36.8 Å². The van der Waals surface area contributed by atoms with E-state index in [0.717, 1.165) is 0 Å². The van der Waals surface area contributed by atoms with Gasteiger partial charge in [-0.05, 0) is 12.1 Å². The van der Waals surface area contributed by atoms with Crippen LogP contribution in [0.2, 0.25) is 0 Å². The standard InChI is InChI=1S/C11H8N4O3/c16-10(15-7-3-1-2-4-12-7)8-9(11(17)18)14-6-5-13-8/h1-6H,(H,17,18)(H,12,15,16). The number of nitrogens with one attached hydrogen (secondary N) is 1. The quantitative estimate of drug-likeness (QED) is 0.828. The molecule has 0 aliphatic heterocycles. The number of hydrogen-bond donors (Lipinski definition) is 2. The van der Waals surface area contributed by atoms with Gasteiger partial charge in [-0.15, -0.1) is 0 Å². The molecule has 2 N–H and O–H groups in total. The highest BCUT2D eigenvalue weighted by Crippen LogP contribution is 2.06. The van der Waals surface area contributed by atoms with Crippen molar-refractivity contribution < 1.29 is 14.7 Å². The first-order valence-corrected chi connectivity index (χ1v) is 4.95. The Morgan fingerprint density at radius 3 is 2.33 bits per heavy atom. The van der Waals surface area contributed by atoms with Gasteiger partial charge in [0.1, 0.15) is 5.82 Å². The molecular formula is C11H8N4O3. The molecule has 18 heavy (non-hydrogen) atoms. The zero-order chi connectivity index (χ0) is 13.0. The lowest BCUT2D eigenvalue weighted by molar-refractivity contribution is 0.0685. The second kappa shape index (κ2) is 5.00. The Hall–Kier alpha value is -2.83. The lowest BCUT2D eigenvalue weighted by Crippen LogP contribution is -2.19. The van der Waals surface area contributed by atoms with Gasteiger partial charge in [-0.2, -0.15) is 0 Å². The van der Waals surface area contributed by atoms with Crippen LogP contribution in [0, 0.1) is 0 Å². The van der Waals surface area contributed by atoms with Gasteiger partial charge in [-0.1, -0.05) is 6.07 Å². The van der Waals surface area contributed by atoms with Crippen molar-refractivity contribution in [3.8, 4) is 0 Å². The molecule has 0 spiro atoms. The van der Waals surface area contributed by atoms with Crippen molar-refractivity contribution in [2.45, 2.75) is 0 Å². The van der Waals surface area contributed by atoms with E-state index in [-0.39, 0.29) is 5.69 Å². The molecular weight excluding hydrogens is 236 g/mol. The Morgan fingerprint density at radius 2 is 1.72 bits per heavy atom. The van der Waals surface area contributed by atoms with Crippen LogP contribution in [0.4, 0.5) is 5.82 Å². The van der Waals surface area contributed by atoms with Crippen LogP contribution < -0.4 is 5.32 Å². The van der Waals surface area contributed by atoms with E-state index in [1.807, 2.05) is 0 Å². The number of nitrogens with zero attached hydrogens (tertiary/aromatic N) is 3. The third kappa shape index (κ3) is 2.46. The zero-order valence-electron chi connectivity index (χ0n) is 9.07. The number of aromatic carboxylic acids is 1. The summed E-state index contributed by atoms with van der Waals surface area (Å²) in [6, 6.07) is 4.97. The average Bonchev–Trinajstić information content (AvgIpc) is 2.40. The largest absolute Gasteiger partial charge is 0.476 e. The van der Waals surface area contributed by atoms with E-state index in [1.54, 1.807) is 18.2 Å². The maximum atomic E-state index is 11.8. The number of carbonyl (C=O) groups is 2. The van der Waals surface area contributed by atoms with E-state index in [2.05, 4.69) is 20.3 Å². The van der Waals surface area contributed by atoms with Crippen molar-refractivity contribution in [3.63, 3.8) is 0 Å². The van der Waals surface area contributed by atoms with Crippen molar-refractivity contribution in [3.05, 3.63) is 48.2 Å². The number of pyridine rings is 1. The molecule has 0 atom stereocenters. The van der Waals surface area contributed by atoms with Crippen molar-refractivity contribution in [1.82, 2.24) is 15.0 Å². The maximum Gasteiger partial charge on any atom is 0.356 e. The van der Waals surface area contributed by atoms with Gasteiger partial charge in [-0.25, -0.2) is 19.7 Å². The van der Waals surface area contributed by atoms with E-state index >= 15 is 0 Å². The smallest absolute Gasteiger partial charge is 0.356 e. The fourth-order valence-corrected chi connectivity index (χ4v) is 1.27. The van der Waals surface area contributed by atoms with Gasteiger partial charge >= 0.3 is 5.97 Å². The van der Waals surface area contributed by atoms with Gasteiger partial charge < -0.3 is 10.4 Å². The van der Waals surface area contributed by atoms with Gasteiger partial charge in [0.25, 0.3) is 5.91 Å². The number of aromatic nitrogens is 3. The van der Waals surface area contributed by atoms with Gasteiger partial charge in [0.05, 0.1) is 0 Å². The molecule has 0 unspecified atom stereocenters. The predicted octanol–water partition coefficient (Wildman–Crippen LogP) is 0.822. The van der Waals surface area contributed by atoms with E-state index in [9.17, 15) is 9.59 Å². The minimum atomic E-state index is -1.31. The molecule has 7 nitrogen and oxygen atoms in total. The van der Waals surface area contributed by atoms with Gasteiger partial charge in [-0.3, -0.25) is 4.79 Å². The van der Waals surface area contributed by atoms with Crippen LogP contribution in [-0.2, 0) is 0 Å². The SMILES string of the molecule is O=C(O)c1nccnc1C(=O)Nc1ccccn1. The fraction of sp³-hybridized carbons (Fsp3) is 0. The second-order valence-corrected chi connectivity index (χ2v) is 3.23. The van der Waals surface area contributed by atoms with Crippen molar-refractivity contribution in [2.75, 3.05) is 5.32 Å². The number of amides is 1. The number of rotatable bonds is 3. The van der Waals surface area contributed by atoms with Crippen LogP contribution in [0.3, 0.4) is 0 Å². The summed E-state index contributed by atoms with van der Waals surface area (Å²) in [5.74, 6) is -1.67. The van der Waals surface area contributed by atoms with E-state index in [1.165, 1.54) is 18.6 Å². The first-order valence-electron chi connectivity index (χ1n) is 4.95. The van der Waals surface area contributed by atoms with Gasteiger partial charge in [0.2, 0.25) is 0 Å². The molecule has 2 heterocycles. The molecule has 0 saturated heterocycles. The first-order chi connectivity index (χ1) is 8.68. The average molecular weight is 244 g/mol. The summed E-state index contributed by atoms with van der Waals surface area (Å²) in [6.45, 7) is 0. The molecule has 90 valence electrons. The van der Waals surface area contributed by atoms with Crippen molar-refractivity contribution in [1.29, 1.82) is 0 Å². The normalized spacial score (nSPS) is 9.78. The number of hydrogen-bond acceptors (Lipinski definition) is 5. The molecule has 7 heteroatoms. The highest BCUT2D eigenvalue weighted by atomic mass is 16.4. The topological polar surface area (TPSA) is 105 Å². The molecule has 0 aromatic carbocycles. The summed E-state index contributed by atoms with van der Waals surface area (Å²) in [5.41, 5.74) is -0.651. The van der Waals surface area contributed by atoms with E-state index in [0.29, 0.717) is 5.82 Å². The number of carboxylic acids is 1. The number of anilines is 1. The number of carbonyl (C=O) groups excluding carboxylic acids is 1. The molecule has 0 radical (unpaired) electrons. The lowest BCUT2D eigenvalue weighted by Gasteiger charge is -2.04. The summed E-state index contributed by atoms with van der Waals surface area (Å²) in [6.07, 6.45) is 3.96. The molecule has 0 fully saturated rings. The zero-order valence-corrected chi connectivity index (χ0v) is 9.07. The molecule has 0 bridgehead atoms. The summed E-state index contributed by atoms with van der Waals surface area (Å²) in [5, 5.41) is 11.3. The van der Waals surface area contributed by atoms with Crippen LogP contribution in [-0.4, -0.2) is 31.9 Å². The van der Waals surface area contributed by atoms with Crippen LogP contribution >= 0.6 is 0 Å².